The minimum atomic E-state index is -0.111. The maximum atomic E-state index is 12.5. The van der Waals surface area contributed by atoms with Crippen molar-refractivity contribution in [2.24, 2.45) is 0 Å². The Morgan fingerprint density at radius 1 is 0.964 bits per heavy atom. The van der Waals surface area contributed by atoms with Crippen LogP contribution in [-0.4, -0.2) is 26.7 Å². The molecule has 1 amide bonds. The van der Waals surface area contributed by atoms with Crippen molar-refractivity contribution >= 4 is 17.2 Å². The predicted octanol–water partition coefficient (Wildman–Crippen LogP) is 4.76. The summed E-state index contributed by atoms with van der Waals surface area (Å²) in [6.07, 6.45) is 0. The maximum absolute atomic E-state index is 12.5. The van der Waals surface area contributed by atoms with E-state index in [1.165, 1.54) is 11.3 Å². The number of amides is 1. The van der Waals surface area contributed by atoms with Crippen molar-refractivity contribution in [1.29, 1.82) is 0 Å². The molecule has 1 aromatic heterocycles. The van der Waals surface area contributed by atoms with Gasteiger partial charge < -0.3 is 19.5 Å². The van der Waals surface area contributed by atoms with E-state index in [4.69, 9.17) is 14.2 Å². The van der Waals surface area contributed by atoms with Crippen LogP contribution in [0.5, 0.6) is 17.2 Å². The van der Waals surface area contributed by atoms with Gasteiger partial charge in [-0.15, -0.1) is 11.3 Å². The summed E-state index contributed by atoms with van der Waals surface area (Å²) in [5, 5.41) is 2.95. The number of carbonyl (C=O) groups excluding carboxylic acids is 1. The summed E-state index contributed by atoms with van der Waals surface area (Å²) in [4.78, 5) is 14.2. The number of carbonyl (C=O) groups is 1. The fourth-order valence-electron chi connectivity index (χ4n) is 2.76. The zero-order valence-corrected chi connectivity index (χ0v) is 17.0. The van der Waals surface area contributed by atoms with Crippen molar-refractivity contribution in [2.75, 3.05) is 20.8 Å². The number of rotatable bonds is 8. The van der Waals surface area contributed by atoms with Gasteiger partial charge >= 0.3 is 0 Å². The first-order valence-corrected chi connectivity index (χ1v) is 9.78. The molecule has 0 saturated heterocycles. The summed E-state index contributed by atoms with van der Waals surface area (Å²) < 4.78 is 16.0. The molecule has 0 saturated carbocycles. The van der Waals surface area contributed by atoms with Crippen molar-refractivity contribution in [2.45, 2.75) is 13.5 Å². The number of benzene rings is 2. The molecule has 3 aromatic rings. The van der Waals surface area contributed by atoms with E-state index in [-0.39, 0.29) is 5.91 Å². The molecule has 0 spiro atoms. The number of thiophene rings is 1. The van der Waals surface area contributed by atoms with Gasteiger partial charge in [-0.2, -0.15) is 0 Å². The molecular formula is C22H23NO4S. The molecule has 0 unspecified atom stereocenters. The van der Waals surface area contributed by atoms with E-state index >= 15 is 0 Å². The van der Waals surface area contributed by atoms with Crippen LogP contribution in [0.1, 0.15) is 22.2 Å². The lowest BCUT2D eigenvalue weighted by atomic mass is 10.2. The molecular weight excluding hydrogens is 374 g/mol. The van der Waals surface area contributed by atoms with E-state index in [9.17, 15) is 4.79 Å². The molecule has 6 heteroatoms. The van der Waals surface area contributed by atoms with E-state index in [2.05, 4.69) is 5.32 Å². The van der Waals surface area contributed by atoms with Crippen LogP contribution < -0.4 is 19.5 Å². The van der Waals surface area contributed by atoms with Crippen LogP contribution >= 0.6 is 11.3 Å². The average Bonchev–Trinajstić information content (AvgIpc) is 3.23. The van der Waals surface area contributed by atoms with Gasteiger partial charge in [0.2, 0.25) is 0 Å². The third-order valence-electron chi connectivity index (χ3n) is 4.21. The zero-order valence-electron chi connectivity index (χ0n) is 16.2. The molecule has 3 rings (SSSR count). The Kier molecular flexibility index (Phi) is 6.55. The largest absolute Gasteiger partial charge is 0.497 e. The Hall–Kier alpha value is -2.99. The van der Waals surface area contributed by atoms with Crippen molar-refractivity contribution in [3.05, 3.63) is 65.0 Å². The summed E-state index contributed by atoms with van der Waals surface area (Å²) in [5.74, 6) is 2.13. The maximum Gasteiger partial charge on any atom is 0.261 e. The average molecular weight is 397 g/mol. The Bertz CT molecular complexity index is 934. The third-order valence-corrected chi connectivity index (χ3v) is 5.35. The molecule has 0 fully saturated rings. The van der Waals surface area contributed by atoms with Crippen molar-refractivity contribution in [3.8, 4) is 27.7 Å². The van der Waals surface area contributed by atoms with Crippen molar-refractivity contribution in [3.63, 3.8) is 0 Å². The number of ether oxygens (including phenoxy) is 3. The van der Waals surface area contributed by atoms with Gasteiger partial charge in [0.1, 0.15) is 17.2 Å². The second kappa shape index (κ2) is 9.28. The standard InChI is InChI=1S/C22H23NO4S/c1-4-27-17-8-5-15(6-9-17)20-11-12-21(28-20)22(24)23-14-16-7-10-18(25-2)13-19(16)26-3/h5-13H,4,14H2,1-3H3,(H,23,24). The first-order chi connectivity index (χ1) is 13.6. The van der Waals surface area contributed by atoms with Gasteiger partial charge in [0, 0.05) is 23.1 Å². The van der Waals surface area contributed by atoms with Gasteiger partial charge in [0.25, 0.3) is 5.91 Å². The molecule has 5 nitrogen and oxygen atoms in total. The summed E-state index contributed by atoms with van der Waals surface area (Å²) in [6, 6.07) is 17.2. The van der Waals surface area contributed by atoms with E-state index in [1.807, 2.05) is 55.5 Å². The highest BCUT2D eigenvalue weighted by Crippen LogP contribution is 2.30. The molecule has 0 aliphatic heterocycles. The minimum Gasteiger partial charge on any atom is -0.497 e. The Morgan fingerprint density at radius 2 is 1.71 bits per heavy atom. The normalized spacial score (nSPS) is 10.4. The van der Waals surface area contributed by atoms with Gasteiger partial charge in [-0.1, -0.05) is 0 Å². The smallest absolute Gasteiger partial charge is 0.261 e. The lowest BCUT2D eigenvalue weighted by Crippen LogP contribution is -2.22. The van der Waals surface area contributed by atoms with Crippen LogP contribution in [0.4, 0.5) is 0 Å². The Balaban J connectivity index is 1.66. The van der Waals surface area contributed by atoms with Gasteiger partial charge in [-0.05, 0) is 61.0 Å². The zero-order chi connectivity index (χ0) is 19.9. The fraction of sp³-hybridized carbons (Fsp3) is 0.227. The molecule has 28 heavy (non-hydrogen) atoms. The Labute approximate surface area is 168 Å². The van der Waals surface area contributed by atoms with E-state index in [1.54, 1.807) is 20.3 Å². The van der Waals surface area contributed by atoms with Crippen molar-refractivity contribution in [1.82, 2.24) is 5.32 Å². The van der Waals surface area contributed by atoms with Crippen LogP contribution in [0, 0.1) is 0 Å². The van der Waals surface area contributed by atoms with Gasteiger partial charge in [-0.25, -0.2) is 0 Å². The highest BCUT2D eigenvalue weighted by molar-refractivity contribution is 7.17. The highest BCUT2D eigenvalue weighted by Gasteiger charge is 2.12. The van der Waals surface area contributed by atoms with Gasteiger partial charge in [-0.3, -0.25) is 4.79 Å². The van der Waals surface area contributed by atoms with E-state index in [0.29, 0.717) is 29.5 Å². The number of hydrogen-bond donors (Lipinski definition) is 1. The lowest BCUT2D eigenvalue weighted by Gasteiger charge is -2.11. The second-order valence-corrected chi connectivity index (χ2v) is 7.07. The molecule has 0 aliphatic rings. The molecule has 1 heterocycles. The highest BCUT2D eigenvalue weighted by atomic mass is 32.1. The molecule has 0 atom stereocenters. The molecule has 2 aromatic carbocycles. The first kappa shape index (κ1) is 19.8. The summed E-state index contributed by atoms with van der Waals surface area (Å²) in [6.45, 7) is 2.98. The number of nitrogens with one attached hydrogen (secondary N) is 1. The Morgan fingerprint density at radius 3 is 2.39 bits per heavy atom. The third kappa shape index (κ3) is 4.64. The fourth-order valence-corrected chi connectivity index (χ4v) is 3.69. The van der Waals surface area contributed by atoms with Crippen LogP contribution in [0.15, 0.2) is 54.6 Å². The van der Waals surface area contributed by atoms with Crippen LogP contribution in [0.2, 0.25) is 0 Å². The topological polar surface area (TPSA) is 56.8 Å². The SMILES string of the molecule is CCOc1ccc(-c2ccc(C(=O)NCc3ccc(OC)cc3OC)s2)cc1. The number of hydrogen-bond acceptors (Lipinski definition) is 5. The molecule has 146 valence electrons. The number of methoxy groups -OCH3 is 2. The minimum absolute atomic E-state index is 0.111. The van der Waals surface area contributed by atoms with Gasteiger partial charge in [0.05, 0.1) is 25.7 Å². The summed E-state index contributed by atoms with van der Waals surface area (Å²) in [5.41, 5.74) is 1.95. The van der Waals surface area contributed by atoms with Crippen molar-refractivity contribution < 1.29 is 19.0 Å². The second-order valence-electron chi connectivity index (χ2n) is 5.98. The van der Waals surface area contributed by atoms with Crippen LogP contribution in [-0.2, 0) is 6.54 Å². The quantitative estimate of drug-likeness (QED) is 0.595. The summed E-state index contributed by atoms with van der Waals surface area (Å²) >= 11 is 1.46. The monoisotopic (exact) mass is 397 g/mol. The van der Waals surface area contributed by atoms with Crippen LogP contribution in [0.25, 0.3) is 10.4 Å². The lowest BCUT2D eigenvalue weighted by molar-refractivity contribution is 0.0954. The summed E-state index contributed by atoms with van der Waals surface area (Å²) in [7, 11) is 3.21. The van der Waals surface area contributed by atoms with Gasteiger partial charge in [0.15, 0.2) is 0 Å². The predicted molar refractivity (Wildman–Crippen MR) is 112 cm³/mol. The van der Waals surface area contributed by atoms with E-state index in [0.717, 1.165) is 21.8 Å². The molecule has 0 radical (unpaired) electrons. The molecule has 0 bridgehead atoms. The molecule has 0 aliphatic carbocycles. The van der Waals surface area contributed by atoms with E-state index < -0.39 is 0 Å². The first-order valence-electron chi connectivity index (χ1n) is 8.96. The molecule has 1 N–H and O–H groups in total. The van der Waals surface area contributed by atoms with Crippen LogP contribution in [0.3, 0.4) is 0 Å².